The van der Waals surface area contributed by atoms with Gasteiger partial charge in [0.15, 0.2) is 5.84 Å². The van der Waals surface area contributed by atoms with Crippen LogP contribution in [0.3, 0.4) is 0 Å². The van der Waals surface area contributed by atoms with Crippen LogP contribution in [0.2, 0.25) is 0 Å². The number of nitrogens with zero attached hydrogens (tertiary/aromatic N) is 3. The highest BCUT2D eigenvalue weighted by Gasteiger charge is 2.33. The summed E-state index contributed by atoms with van der Waals surface area (Å²) in [6.45, 7) is 1.83. The molecule has 0 amide bonds. The Labute approximate surface area is 144 Å². The highest BCUT2D eigenvalue weighted by Crippen LogP contribution is 2.29. The Balaban J connectivity index is 1.56. The molecule has 0 spiro atoms. The van der Waals surface area contributed by atoms with Crippen LogP contribution in [0.25, 0.3) is 0 Å². The van der Waals surface area contributed by atoms with Gasteiger partial charge in [0.05, 0.1) is 5.69 Å². The maximum Gasteiger partial charge on any atom is 0.285 e. The molecule has 2 aromatic carbocycles. The van der Waals surface area contributed by atoms with Gasteiger partial charge in [-0.05, 0) is 24.3 Å². The van der Waals surface area contributed by atoms with E-state index < -0.39 is 21.7 Å². The number of fused-ring (bicyclic) bond motifs is 1. The number of sulfonamides is 1. The van der Waals surface area contributed by atoms with E-state index in [-0.39, 0.29) is 10.6 Å². The van der Waals surface area contributed by atoms with Crippen molar-refractivity contribution in [3.05, 3.63) is 59.7 Å². The van der Waals surface area contributed by atoms with E-state index in [0.29, 0.717) is 37.6 Å². The lowest BCUT2D eigenvalue weighted by atomic mass is 10.1. The molecule has 0 aliphatic carbocycles. The van der Waals surface area contributed by atoms with Gasteiger partial charge in [-0.1, -0.05) is 12.1 Å². The Hall–Kier alpha value is -2.48. The quantitative estimate of drug-likeness (QED) is 0.780. The van der Waals surface area contributed by atoms with E-state index in [1.54, 1.807) is 29.2 Å². The fraction of sp³-hybridized carbons (Fsp3) is 0.235. The van der Waals surface area contributed by atoms with Crippen LogP contribution < -0.4 is 4.90 Å². The van der Waals surface area contributed by atoms with E-state index in [9.17, 15) is 17.2 Å². The second kappa shape index (κ2) is 5.80. The van der Waals surface area contributed by atoms with E-state index in [1.807, 2.05) is 4.90 Å². The predicted octanol–water partition coefficient (Wildman–Crippen LogP) is 2.24. The SMILES string of the molecule is O=S1(=O)N=C(N2CCN(c3cc(F)ccc3F)CC2)c2ccccc21. The van der Waals surface area contributed by atoms with E-state index >= 15 is 0 Å². The summed E-state index contributed by atoms with van der Waals surface area (Å²) in [5.41, 5.74) is 0.814. The molecule has 2 aliphatic heterocycles. The van der Waals surface area contributed by atoms with Crippen LogP contribution in [0.5, 0.6) is 0 Å². The average Bonchev–Trinajstić information content (AvgIpc) is 2.89. The minimum Gasteiger partial charge on any atom is -0.366 e. The summed E-state index contributed by atoms with van der Waals surface area (Å²) < 4.78 is 55.5. The first-order valence-electron chi connectivity index (χ1n) is 7.85. The van der Waals surface area contributed by atoms with Crippen molar-refractivity contribution in [1.82, 2.24) is 4.90 Å². The van der Waals surface area contributed by atoms with E-state index in [1.165, 1.54) is 6.07 Å². The highest BCUT2D eigenvalue weighted by atomic mass is 32.2. The van der Waals surface area contributed by atoms with Crippen molar-refractivity contribution in [3.63, 3.8) is 0 Å². The number of anilines is 1. The van der Waals surface area contributed by atoms with Crippen molar-refractivity contribution >= 4 is 21.5 Å². The van der Waals surface area contributed by atoms with Crippen LogP contribution in [-0.4, -0.2) is 45.3 Å². The van der Waals surface area contributed by atoms with Gasteiger partial charge in [-0.3, -0.25) is 0 Å². The standard InChI is InChI=1S/C17H15F2N3O2S/c18-12-5-6-14(19)15(11-12)21-7-9-22(10-8-21)17-13-3-1-2-4-16(13)25(23,24)20-17/h1-6,11H,7-10H2. The summed E-state index contributed by atoms with van der Waals surface area (Å²) >= 11 is 0. The van der Waals surface area contributed by atoms with Crippen LogP contribution in [0.4, 0.5) is 14.5 Å². The summed E-state index contributed by atoms with van der Waals surface area (Å²) in [7, 11) is -3.66. The van der Waals surface area contributed by atoms with Gasteiger partial charge >= 0.3 is 0 Å². The molecule has 0 atom stereocenters. The number of amidine groups is 1. The first-order chi connectivity index (χ1) is 12.0. The zero-order chi connectivity index (χ0) is 17.6. The molecule has 0 unspecified atom stereocenters. The molecule has 2 heterocycles. The summed E-state index contributed by atoms with van der Waals surface area (Å²) in [4.78, 5) is 3.84. The first-order valence-corrected chi connectivity index (χ1v) is 9.29. The normalized spacial score (nSPS) is 18.9. The predicted molar refractivity (Wildman–Crippen MR) is 90.3 cm³/mol. The fourth-order valence-electron chi connectivity index (χ4n) is 3.20. The molecule has 0 bridgehead atoms. The lowest BCUT2D eigenvalue weighted by Gasteiger charge is -2.37. The minimum absolute atomic E-state index is 0.212. The maximum absolute atomic E-state index is 13.9. The van der Waals surface area contributed by atoms with Gasteiger partial charge in [-0.2, -0.15) is 8.42 Å². The third kappa shape index (κ3) is 2.76. The molecule has 130 valence electrons. The molecule has 0 radical (unpaired) electrons. The van der Waals surface area contributed by atoms with Gasteiger partial charge in [0, 0.05) is 37.8 Å². The van der Waals surface area contributed by atoms with Crippen molar-refractivity contribution in [2.45, 2.75) is 4.90 Å². The molecule has 0 aromatic heterocycles. The lowest BCUT2D eigenvalue weighted by molar-refractivity contribution is 0.384. The van der Waals surface area contributed by atoms with Gasteiger partial charge in [0.25, 0.3) is 10.0 Å². The van der Waals surface area contributed by atoms with Crippen LogP contribution in [0, 0.1) is 11.6 Å². The average molecular weight is 363 g/mol. The van der Waals surface area contributed by atoms with Gasteiger partial charge in [0.2, 0.25) is 0 Å². The summed E-state index contributed by atoms with van der Waals surface area (Å²) in [5.74, 6) is -0.532. The highest BCUT2D eigenvalue weighted by molar-refractivity contribution is 7.90. The number of hydrogen-bond donors (Lipinski definition) is 0. The maximum atomic E-state index is 13.9. The summed E-state index contributed by atoms with van der Waals surface area (Å²) in [6.07, 6.45) is 0. The topological polar surface area (TPSA) is 53.0 Å². The second-order valence-corrected chi connectivity index (χ2v) is 7.53. The molecular formula is C17H15F2N3O2S. The molecule has 2 aromatic rings. The van der Waals surface area contributed by atoms with Gasteiger partial charge < -0.3 is 9.80 Å². The number of benzene rings is 2. The summed E-state index contributed by atoms with van der Waals surface area (Å²) in [6, 6.07) is 10.1. The zero-order valence-electron chi connectivity index (χ0n) is 13.2. The molecule has 8 heteroatoms. The van der Waals surface area contributed by atoms with Crippen LogP contribution >= 0.6 is 0 Å². The number of piperazine rings is 1. The van der Waals surface area contributed by atoms with Crippen molar-refractivity contribution in [3.8, 4) is 0 Å². The molecule has 5 nitrogen and oxygen atoms in total. The largest absolute Gasteiger partial charge is 0.366 e. The van der Waals surface area contributed by atoms with Crippen LogP contribution in [0.1, 0.15) is 5.56 Å². The van der Waals surface area contributed by atoms with Crippen molar-refractivity contribution in [2.24, 2.45) is 4.40 Å². The molecule has 1 fully saturated rings. The monoisotopic (exact) mass is 363 g/mol. The third-order valence-corrected chi connectivity index (χ3v) is 5.77. The molecule has 1 saturated heterocycles. The lowest BCUT2D eigenvalue weighted by Crippen LogP contribution is -2.49. The van der Waals surface area contributed by atoms with Crippen molar-refractivity contribution in [2.75, 3.05) is 31.1 Å². The fourth-order valence-corrected chi connectivity index (χ4v) is 4.43. The minimum atomic E-state index is -3.66. The third-order valence-electron chi connectivity index (χ3n) is 4.44. The van der Waals surface area contributed by atoms with Crippen molar-refractivity contribution in [1.29, 1.82) is 0 Å². The Kier molecular flexibility index (Phi) is 3.72. The number of rotatable bonds is 1. The Morgan fingerprint density at radius 2 is 1.60 bits per heavy atom. The second-order valence-electron chi connectivity index (χ2n) is 5.96. The summed E-state index contributed by atoms with van der Waals surface area (Å²) in [5, 5.41) is 0. The Morgan fingerprint density at radius 3 is 2.36 bits per heavy atom. The molecule has 0 N–H and O–H groups in total. The smallest absolute Gasteiger partial charge is 0.285 e. The van der Waals surface area contributed by atoms with Crippen LogP contribution in [-0.2, 0) is 10.0 Å². The zero-order valence-corrected chi connectivity index (χ0v) is 14.0. The molecule has 25 heavy (non-hydrogen) atoms. The van der Waals surface area contributed by atoms with Gasteiger partial charge in [-0.25, -0.2) is 8.78 Å². The van der Waals surface area contributed by atoms with E-state index in [0.717, 1.165) is 12.1 Å². The molecule has 2 aliphatic rings. The van der Waals surface area contributed by atoms with Gasteiger partial charge in [-0.15, -0.1) is 4.40 Å². The van der Waals surface area contributed by atoms with Crippen molar-refractivity contribution < 1.29 is 17.2 Å². The Bertz CT molecular complexity index is 968. The molecule has 0 saturated carbocycles. The first kappa shape index (κ1) is 16.0. The van der Waals surface area contributed by atoms with E-state index in [4.69, 9.17) is 0 Å². The molecule has 4 rings (SSSR count). The molecular weight excluding hydrogens is 348 g/mol. The van der Waals surface area contributed by atoms with E-state index in [2.05, 4.69) is 4.40 Å². The number of halogens is 2. The Morgan fingerprint density at radius 1 is 0.920 bits per heavy atom. The van der Waals surface area contributed by atoms with Crippen LogP contribution in [0.15, 0.2) is 51.8 Å². The number of hydrogen-bond acceptors (Lipinski definition) is 4. The van der Waals surface area contributed by atoms with Gasteiger partial charge in [0.1, 0.15) is 16.5 Å².